The number of rotatable bonds is 6. The number of hydrogen-bond acceptors (Lipinski definition) is 5. The fraction of sp³-hybridized carbons (Fsp3) is 0.600. The molecule has 0 aromatic carbocycles. The van der Waals surface area contributed by atoms with Crippen molar-refractivity contribution in [1.82, 2.24) is 14.9 Å². The Balaban J connectivity index is 2.73. The van der Waals surface area contributed by atoms with Gasteiger partial charge in [0.15, 0.2) is 5.03 Å². The predicted molar refractivity (Wildman–Crippen MR) is 69.5 cm³/mol. The monoisotopic (exact) mass is 309 g/mol. The van der Waals surface area contributed by atoms with Gasteiger partial charge >= 0.3 is 0 Å². The van der Waals surface area contributed by atoms with Crippen molar-refractivity contribution in [1.29, 1.82) is 0 Å². The molecule has 7 nitrogen and oxygen atoms in total. The number of carbonyl (C=O) groups excluding carboxylic acids is 1. The fourth-order valence-electron chi connectivity index (χ4n) is 1.52. The van der Waals surface area contributed by atoms with Crippen molar-refractivity contribution >= 4 is 25.6 Å². The summed E-state index contributed by atoms with van der Waals surface area (Å²) in [6, 6.07) is -0.127. The van der Waals surface area contributed by atoms with E-state index in [-0.39, 0.29) is 23.5 Å². The average Bonchev–Trinajstić information content (AvgIpc) is 2.60. The van der Waals surface area contributed by atoms with E-state index in [0.717, 1.165) is 0 Å². The summed E-state index contributed by atoms with van der Waals surface area (Å²) in [5.41, 5.74) is 0. The first-order chi connectivity index (χ1) is 8.74. The maximum atomic E-state index is 11.7. The van der Waals surface area contributed by atoms with Crippen LogP contribution in [-0.2, 0) is 25.1 Å². The molecular formula is C10H16ClN3O4S. The van der Waals surface area contributed by atoms with E-state index in [2.05, 4.69) is 10.3 Å². The van der Waals surface area contributed by atoms with Crippen molar-refractivity contribution < 1.29 is 17.9 Å². The third-order valence-corrected chi connectivity index (χ3v) is 3.51. The molecule has 0 aliphatic carbocycles. The highest BCUT2D eigenvalue weighted by Crippen LogP contribution is 2.13. The lowest BCUT2D eigenvalue weighted by Crippen LogP contribution is -2.37. The first-order valence-electron chi connectivity index (χ1n) is 5.50. The summed E-state index contributed by atoms with van der Waals surface area (Å²) in [4.78, 5) is 15.5. The third-order valence-electron chi connectivity index (χ3n) is 2.34. The number of amides is 1. The van der Waals surface area contributed by atoms with Crippen LogP contribution in [0.5, 0.6) is 0 Å². The minimum absolute atomic E-state index is 0.0285. The van der Waals surface area contributed by atoms with Gasteiger partial charge in [-0.2, -0.15) is 0 Å². The van der Waals surface area contributed by atoms with Crippen molar-refractivity contribution in [2.45, 2.75) is 31.5 Å². The summed E-state index contributed by atoms with van der Waals surface area (Å²) < 4.78 is 28.6. The van der Waals surface area contributed by atoms with E-state index in [4.69, 9.17) is 15.4 Å². The Morgan fingerprint density at radius 2 is 2.26 bits per heavy atom. The molecule has 1 atom stereocenters. The van der Waals surface area contributed by atoms with Gasteiger partial charge in [0.05, 0.1) is 6.61 Å². The first-order valence-corrected chi connectivity index (χ1v) is 7.81. The Morgan fingerprint density at radius 1 is 1.63 bits per heavy atom. The SMILES string of the molecule is COCC(C)NC(=O)Cn1cc(S(=O)(=O)Cl)nc1C. The Labute approximate surface area is 116 Å². The molecule has 0 saturated heterocycles. The van der Waals surface area contributed by atoms with Gasteiger partial charge in [-0.1, -0.05) is 0 Å². The number of nitrogens with zero attached hydrogens (tertiary/aromatic N) is 2. The van der Waals surface area contributed by atoms with Gasteiger partial charge in [0.2, 0.25) is 5.91 Å². The van der Waals surface area contributed by atoms with Crippen LogP contribution in [0.15, 0.2) is 11.2 Å². The Bertz CT molecular complexity index is 555. The van der Waals surface area contributed by atoms with Crippen LogP contribution < -0.4 is 5.32 Å². The maximum Gasteiger partial charge on any atom is 0.280 e. The van der Waals surface area contributed by atoms with E-state index in [0.29, 0.717) is 12.4 Å². The van der Waals surface area contributed by atoms with E-state index in [1.165, 1.54) is 10.8 Å². The molecule has 1 amide bonds. The quantitative estimate of drug-likeness (QED) is 0.762. The Morgan fingerprint density at radius 3 is 2.74 bits per heavy atom. The summed E-state index contributed by atoms with van der Waals surface area (Å²) in [6.07, 6.45) is 1.23. The van der Waals surface area contributed by atoms with Crippen molar-refractivity contribution in [3.63, 3.8) is 0 Å². The van der Waals surface area contributed by atoms with Crippen LogP contribution in [0.1, 0.15) is 12.7 Å². The van der Waals surface area contributed by atoms with Crippen LogP contribution in [-0.4, -0.2) is 43.6 Å². The van der Waals surface area contributed by atoms with E-state index in [9.17, 15) is 13.2 Å². The van der Waals surface area contributed by atoms with Gasteiger partial charge in [-0.3, -0.25) is 4.79 Å². The zero-order valence-corrected chi connectivity index (χ0v) is 12.5. The van der Waals surface area contributed by atoms with E-state index in [1.807, 2.05) is 0 Å². The lowest BCUT2D eigenvalue weighted by atomic mass is 10.3. The number of hydrogen-bond donors (Lipinski definition) is 1. The lowest BCUT2D eigenvalue weighted by molar-refractivity contribution is -0.122. The zero-order chi connectivity index (χ0) is 14.6. The number of imidazole rings is 1. The minimum Gasteiger partial charge on any atom is -0.383 e. The van der Waals surface area contributed by atoms with Crippen LogP contribution in [0.2, 0.25) is 0 Å². The van der Waals surface area contributed by atoms with Gasteiger partial charge in [0.1, 0.15) is 12.4 Å². The smallest absolute Gasteiger partial charge is 0.280 e. The van der Waals surface area contributed by atoms with Crippen molar-refractivity contribution in [3.05, 3.63) is 12.0 Å². The van der Waals surface area contributed by atoms with Gasteiger partial charge in [-0.25, -0.2) is 13.4 Å². The molecule has 0 spiro atoms. The second kappa shape index (κ2) is 6.36. The standard InChI is InChI=1S/C10H16ClN3O4S/c1-7(6-18-3)12-9(15)4-14-5-10(13-8(14)2)19(11,16)17/h5,7H,4,6H2,1-3H3,(H,12,15). The molecule has 1 heterocycles. The number of nitrogens with one attached hydrogen (secondary N) is 1. The maximum absolute atomic E-state index is 11.7. The molecule has 0 bridgehead atoms. The number of carbonyl (C=O) groups is 1. The molecule has 1 rings (SSSR count). The fourth-order valence-corrected chi connectivity index (χ4v) is 2.24. The summed E-state index contributed by atoms with van der Waals surface area (Å²) >= 11 is 0. The molecule has 0 saturated carbocycles. The average molecular weight is 310 g/mol. The molecule has 0 fully saturated rings. The van der Waals surface area contributed by atoms with Gasteiger partial charge < -0.3 is 14.6 Å². The third kappa shape index (κ3) is 4.81. The molecule has 19 heavy (non-hydrogen) atoms. The topological polar surface area (TPSA) is 90.3 Å². The number of methoxy groups -OCH3 is 1. The highest BCUT2D eigenvalue weighted by atomic mass is 35.7. The number of halogens is 1. The van der Waals surface area contributed by atoms with Crippen LogP contribution in [0, 0.1) is 6.92 Å². The van der Waals surface area contributed by atoms with Crippen LogP contribution in [0.25, 0.3) is 0 Å². The van der Waals surface area contributed by atoms with Gasteiger partial charge in [0.25, 0.3) is 9.05 Å². The first kappa shape index (κ1) is 15.9. The lowest BCUT2D eigenvalue weighted by Gasteiger charge is -2.13. The molecule has 1 N–H and O–H groups in total. The summed E-state index contributed by atoms with van der Waals surface area (Å²) in [6.45, 7) is 3.77. The number of ether oxygens (including phenoxy) is 1. The predicted octanol–water partition coefficient (Wildman–Crippen LogP) is 0.270. The Hall–Kier alpha value is -1.12. The summed E-state index contributed by atoms with van der Waals surface area (Å²) in [5, 5.41) is 2.45. The van der Waals surface area contributed by atoms with Crippen LogP contribution in [0.3, 0.4) is 0 Å². The summed E-state index contributed by atoms with van der Waals surface area (Å²) in [5.74, 6) is 0.136. The second-order valence-corrected chi connectivity index (χ2v) is 6.63. The van der Waals surface area contributed by atoms with Gasteiger partial charge in [-0.05, 0) is 13.8 Å². The minimum atomic E-state index is -3.88. The molecule has 108 valence electrons. The largest absolute Gasteiger partial charge is 0.383 e. The summed E-state index contributed by atoms with van der Waals surface area (Å²) in [7, 11) is 2.84. The molecule has 9 heteroatoms. The molecule has 0 radical (unpaired) electrons. The van der Waals surface area contributed by atoms with Crippen LogP contribution >= 0.6 is 10.7 Å². The molecule has 1 aromatic heterocycles. The molecule has 1 unspecified atom stereocenters. The Kier molecular flexibility index (Phi) is 5.33. The van der Waals surface area contributed by atoms with E-state index < -0.39 is 9.05 Å². The van der Waals surface area contributed by atoms with Crippen molar-refractivity contribution in [3.8, 4) is 0 Å². The molecule has 0 aliphatic rings. The molecule has 1 aromatic rings. The van der Waals surface area contributed by atoms with E-state index >= 15 is 0 Å². The van der Waals surface area contributed by atoms with Gasteiger partial charge in [0, 0.05) is 30.0 Å². The van der Waals surface area contributed by atoms with E-state index in [1.54, 1.807) is 21.0 Å². The zero-order valence-electron chi connectivity index (χ0n) is 10.9. The normalized spacial score (nSPS) is 13.3. The van der Waals surface area contributed by atoms with Crippen molar-refractivity contribution in [2.24, 2.45) is 0 Å². The highest BCUT2D eigenvalue weighted by Gasteiger charge is 2.17. The molecule has 0 aliphatic heterocycles. The van der Waals surface area contributed by atoms with Crippen molar-refractivity contribution in [2.75, 3.05) is 13.7 Å². The second-order valence-electron chi connectivity index (χ2n) is 4.12. The molecular weight excluding hydrogens is 294 g/mol. The number of aromatic nitrogens is 2. The highest BCUT2D eigenvalue weighted by molar-refractivity contribution is 8.13. The number of aryl methyl sites for hydroxylation is 1. The van der Waals surface area contributed by atoms with Gasteiger partial charge in [-0.15, -0.1) is 0 Å². The van der Waals surface area contributed by atoms with Crippen LogP contribution in [0.4, 0.5) is 0 Å².